The highest BCUT2D eigenvalue weighted by atomic mass is 16.5. The van der Waals surface area contributed by atoms with Crippen LogP contribution >= 0.6 is 0 Å². The van der Waals surface area contributed by atoms with Crippen LogP contribution in [0.1, 0.15) is 45.4 Å². The average molecular weight is 381 g/mol. The number of ether oxygens (including phenoxy) is 1. The highest BCUT2D eigenvalue weighted by Crippen LogP contribution is 2.50. The summed E-state index contributed by atoms with van der Waals surface area (Å²) >= 11 is 0. The number of amides is 1. The molecule has 2 atom stereocenters. The number of hydrogen-bond donors (Lipinski definition) is 0. The van der Waals surface area contributed by atoms with Crippen LogP contribution in [0.4, 0.5) is 0 Å². The lowest BCUT2D eigenvalue weighted by atomic mass is 9.71. The fraction of sp³-hybridized carbons (Fsp3) is 0.192. The molecule has 0 aromatic heterocycles. The van der Waals surface area contributed by atoms with Gasteiger partial charge in [0.2, 0.25) is 0 Å². The minimum Gasteiger partial charge on any atom is -0.497 e. The molecule has 1 saturated heterocycles. The molecule has 144 valence electrons. The second kappa shape index (κ2) is 7.25. The van der Waals surface area contributed by atoms with Gasteiger partial charge in [0, 0.05) is 18.0 Å². The van der Waals surface area contributed by atoms with Gasteiger partial charge < -0.3 is 9.64 Å². The molecule has 0 unspecified atom stereocenters. The number of carbonyl (C=O) groups is 1. The third-order valence-electron chi connectivity index (χ3n) is 6.04. The molecule has 1 amide bonds. The number of piperidine rings is 1. The quantitative estimate of drug-likeness (QED) is 0.603. The van der Waals surface area contributed by atoms with Crippen LogP contribution in [-0.2, 0) is 0 Å². The van der Waals surface area contributed by atoms with Crippen LogP contribution in [0.15, 0.2) is 84.4 Å². The Labute approximate surface area is 171 Å². The predicted octanol–water partition coefficient (Wildman–Crippen LogP) is 5.46. The van der Waals surface area contributed by atoms with Crippen molar-refractivity contribution in [1.82, 2.24) is 4.90 Å². The van der Waals surface area contributed by atoms with E-state index in [1.165, 1.54) is 16.7 Å². The third-order valence-corrected chi connectivity index (χ3v) is 6.04. The Balaban J connectivity index is 1.57. The Morgan fingerprint density at radius 1 is 0.931 bits per heavy atom. The highest BCUT2D eigenvalue weighted by Gasteiger charge is 2.43. The van der Waals surface area contributed by atoms with E-state index in [4.69, 9.17) is 4.74 Å². The highest BCUT2D eigenvalue weighted by molar-refractivity contribution is 5.95. The van der Waals surface area contributed by atoms with Crippen LogP contribution in [0.2, 0.25) is 0 Å². The Kier molecular flexibility index (Phi) is 4.44. The standard InChI is InChI=1S/C26H23NO2/c1-29-22-13-11-18(12-14-22)15-20-16-21-17-27(26(28)19-7-3-2-4-8-19)25(20)24-10-6-5-9-23(21)24/h2-15,21,25H,16-17H2,1H3/b20-15-/t21-,25-/m0/s1. The minimum absolute atomic E-state index is 0.00833. The first-order chi connectivity index (χ1) is 14.2. The molecule has 3 aromatic carbocycles. The summed E-state index contributed by atoms with van der Waals surface area (Å²) in [6.45, 7) is 0.773. The number of benzene rings is 3. The fourth-order valence-corrected chi connectivity index (χ4v) is 4.71. The maximum atomic E-state index is 13.4. The summed E-state index contributed by atoms with van der Waals surface area (Å²) in [4.78, 5) is 15.4. The second-order valence-electron chi connectivity index (χ2n) is 7.75. The fourth-order valence-electron chi connectivity index (χ4n) is 4.71. The first kappa shape index (κ1) is 17.7. The number of carbonyl (C=O) groups excluding carboxylic acids is 1. The van der Waals surface area contributed by atoms with E-state index in [2.05, 4.69) is 47.4 Å². The van der Waals surface area contributed by atoms with Crippen LogP contribution in [0.25, 0.3) is 6.08 Å². The van der Waals surface area contributed by atoms with Crippen molar-refractivity contribution in [3.8, 4) is 5.75 Å². The molecule has 3 heteroatoms. The molecule has 2 bridgehead atoms. The molecule has 2 heterocycles. The second-order valence-corrected chi connectivity index (χ2v) is 7.75. The zero-order chi connectivity index (χ0) is 19.8. The monoisotopic (exact) mass is 381 g/mol. The van der Waals surface area contributed by atoms with Crippen molar-refractivity contribution >= 4 is 12.0 Å². The number of rotatable bonds is 3. The van der Waals surface area contributed by atoms with E-state index in [9.17, 15) is 4.79 Å². The van der Waals surface area contributed by atoms with E-state index in [-0.39, 0.29) is 11.9 Å². The summed E-state index contributed by atoms with van der Waals surface area (Å²) in [7, 11) is 1.68. The van der Waals surface area contributed by atoms with Crippen LogP contribution < -0.4 is 4.74 Å². The average Bonchev–Trinajstić information content (AvgIpc) is 2.80. The van der Waals surface area contributed by atoms with Crippen molar-refractivity contribution in [3.63, 3.8) is 0 Å². The van der Waals surface area contributed by atoms with E-state index in [0.717, 1.165) is 29.8 Å². The molecule has 3 aliphatic rings. The Morgan fingerprint density at radius 3 is 2.34 bits per heavy atom. The molecule has 0 N–H and O–H groups in total. The molecule has 2 aliphatic heterocycles. The third kappa shape index (κ3) is 3.13. The van der Waals surface area contributed by atoms with Gasteiger partial charge in [-0.15, -0.1) is 0 Å². The van der Waals surface area contributed by atoms with Gasteiger partial charge in [-0.05, 0) is 52.9 Å². The van der Waals surface area contributed by atoms with Gasteiger partial charge in [0.1, 0.15) is 5.75 Å². The van der Waals surface area contributed by atoms with Crippen LogP contribution in [0.3, 0.4) is 0 Å². The van der Waals surface area contributed by atoms with Crippen molar-refractivity contribution in [2.24, 2.45) is 0 Å². The maximum Gasteiger partial charge on any atom is 0.254 e. The lowest BCUT2D eigenvalue weighted by Gasteiger charge is -2.48. The molecule has 6 rings (SSSR count). The van der Waals surface area contributed by atoms with Gasteiger partial charge in [0.05, 0.1) is 13.2 Å². The summed E-state index contributed by atoms with van der Waals surface area (Å²) in [5.41, 5.74) is 5.84. The smallest absolute Gasteiger partial charge is 0.254 e. The molecule has 3 nitrogen and oxygen atoms in total. The zero-order valence-corrected chi connectivity index (χ0v) is 16.4. The van der Waals surface area contributed by atoms with Crippen molar-refractivity contribution < 1.29 is 9.53 Å². The van der Waals surface area contributed by atoms with Gasteiger partial charge in [-0.2, -0.15) is 0 Å². The summed E-state index contributed by atoms with van der Waals surface area (Å²) in [5, 5.41) is 0. The molecule has 3 aromatic rings. The molecular formula is C26H23NO2. The number of hydrogen-bond acceptors (Lipinski definition) is 2. The van der Waals surface area contributed by atoms with Gasteiger partial charge in [0.25, 0.3) is 5.91 Å². The van der Waals surface area contributed by atoms with E-state index in [0.29, 0.717) is 5.92 Å². The zero-order valence-electron chi connectivity index (χ0n) is 16.4. The maximum absolute atomic E-state index is 13.4. The summed E-state index contributed by atoms with van der Waals surface area (Å²) in [5.74, 6) is 1.30. The summed E-state index contributed by atoms with van der Waals surface area (Å²) in [6.07, 6.45) is 3.24. The first-order valence-electron chi connectivity index (χ1n) is 10.0. The number of nitrogens with zero attached hydrogens (tertiary/aromatic N) is 1. The van der Waals surface area contributed by atoms with Crippen molar-refractivity contribution in [3.05, 3.63) is 107 Å². The van der Waals surface area contributed by atoms with Crippen molar-refractivity contribution in [2.75, 3.05) is 13.7 Å². The van der Waals surface area contributed by atoms with Crippen molar-refractivity contribution in [1.29, 1.82) is 0 Å². The molecule has 0 spiro atoms. The molecule has 1 fully saturated rings. The minimum atomic E-state index is -0.00833. The lowest BCUT2D eigenvalue weighted by Crippen LogP contribution is -2.46. The molecule has 29 heavy (non-hydrogen) atoms. The number of fused-ring (bicyclic) bond motifs is 2. The van der Waals surface area contributed by atoms with Gasteiger partial charge in [-0.25, -0.2) is 0 Å². The Hall–Kier alpha value is -3.33. The van der Waals surface area contributed by atoms with E-state index in [1.54, 1.807) is 7.11 Å². The molecule has 1 aliphatic carbocycles. The Morgan fingerprint density at radius 2 is 1.62 bits per heavy atom. The van der Waals surface area contributed by atoms with E-state index in [1.807, 2.05) is 42.5 Å². The largest absolute Gasteiger partial charge is 0.497 e. The first-order valence-corrected chi connectivity index (χ1v) is 10.0. The van der Waals surface area contributed by atoms with Crippen molar-refractivity contribution in [2.45, 2.75) is 18.4 Å². The molecule has 0 saturated carbocycles. The van der Waals surface area contributed by atoms with E-state index >= 15 is 0 Å². The SMILES string of the molecule is COc1ccc(/C=C2/C[C@H]3CN(C(=O)c4ccccc4)[C@@H]2c2ccccc23)cc1. The van der Waals surface area contributed by atoms with Gasteiger partial charge >= 0.3 is 0 Å². The van der Waals surface area contributed by atoms with Gasteiger partial charge in [-0.1, -0.05) is 60.7 Å². The predicted molar refractivity (Wildman–Crippen MR) is 115 cm³/mol. The summed E-state index contributed by atoms with van der Waals surface area (Å²) in [6, 6.07) is 26.3. The van der Waals surface area contributed by atoms with Crippen LogP contribution in [0, 0.1) is 0 Å². The lowest BCUT2D eigenvalue weighted by molar-refractivity contribution is 0.0627. The Bertz CT molecular complexity index is 1070. The normalized spacial score (nSPS) is 21.1. The molecule has 0 radical (unpaired) electrons. The summed E-state index contributed by atoms with van der Waals surface area (Å²) < 4.78 is 5.28. The topological polar surface area (TPSA) is 29.5 Å². The van der Waals surface area contributed by atoms with Gasteiger partial charge in [0.15, 0.2) is 0 Å². The van der Waals surface area contributed by atoms with E-state index < -0.39 is 0 Å². The van der Waals surface area contributed by atoms with Crippen LogP contribution in [0.5, 0.6) is 5.75 Å². The van der Waals surface area contributed by atoms with Gasteiger partial charge in [-0.3, -0.25) is 4.79 Å². The molecular weight excluding hydrogens is 358 g/mol. The van der Waals surface area contributed by atoms with Crippen LogP contribution in [-0.4, -0.2) is 24.5 Å². The number of methoxy groups -OCH3 is 1.